The lowest BCUT2D eigenvalue weighted by molar-refractivity contribution is 0.283. The molecule has 0 aliphatic heterocycles. The van der Waals surface area contributed by atoms with E-state index in [1.807, 2.05) is 38.1 Å². The lowest BCUT2D eigenvalue weighted by Crippen LogP contribution is -2.10. The molecular formula is C13H15ClN2O. The van der Waals surface area contributed by atoms with Crippen LogP contribution in [0, 0.1) is 6.92 Å². The fourth-order valence-corrected chi connectivity index (χ4v) is 2.20. The quantitative estimate of drug-likeness (QED) is 0.891. The Labute approximate surface area is 106 Å². The van der Waals surface area contributed by atoms with Crippen molar-refractivity contribution >= 4 is 28.2 Å². The minimum Gasteiger partial charge on any atom is -0.392 e. The molecule has 0 fully saturated rings. The van der Waals surface area contributed by atoms with Crippen molar-refractivity contribution in [2.45, 2.75) is 13.5 Å². The summed E-state index contributed by atoms with van der Waals surface area (Å²) in [5, 5.41) is 11.0. The second-order valence-electron chi connectivity index (χ2n) is 4.30. The van der Waals surface area contributed by atoms with E-state index in [0.717, 1.165) is 27.8 Å². The summed E-state index contributed by atoms with van der Waals surface area (Å²) >= 11 is 6.06. The van der Waals surface area contributed by atoms with Gasteiger partial charge >= 0.3 is 0 Å². The van der Waals surface area contributed by atoms with Crippen molar-refractivity contribution in [1.82, 2.24) is 4.98 Å². The number of pyridine rings is 1. The number of halogens is 1. The monoisotopic (exact) mass is 250 g/mol. The number of aliphatic hydroxyl groups excluding tert-OH is 1. The highest BCUT2D eigenvalue weighted by Gasteiger charge is 2.10. The molecule has 3 nitrogen and oxygen atoms in total. The van der Waals surface area contributed by atoms with Crippen LogP contribution >= 0.6 is 11.6 Å². The van der Waals surface area contributed by atoms with E-state index in [-0.39, 0.29) is 6.61 Å². The lowest BCUT2D eigenvalue weighted by Gasteiger charge is -2.17. The average Bonchev–Trinajstić information content (AvgIpc) is 2.27. The van der Waals surface area contributed by atoms with Gasteiger partial charge in [-0.15, -0.1) is 0 Å². The zero-order valence-corrected chi connectivity index (χ0v) is 10.9. The molecule has 0 radical (unpaired) electrons. The van der Waals surface area contributed by atoms with Crippen LogP contribution in [0.1, 0.15) is 11.3 Å². The Morgan fingerprint density at radius 3 is 2.59 bits per heavy atom. The number of aromatic nitrogens is 1. The summed E-state index contributed by atoms with van der Waals surface area (Å²) in [7, 11) is 3.96. The summed E-state index contributed by atoms with van der Waals surface area (Å²) < 4.78 is 0. The van der Waals surface area contributed by atoms with E-state index in [4.69, 9.17) is 11.6 Å². The van der Waals surface area contributed by atoms with Crippen LogP contribution in [0.2, 0.25) is 5.02 Å². The van der Waals surface area contributed by atoms with Crippen molar-refractivity contribution in [3.8, 4) is 0 Å². The summed E-state index contributed by atoms with van der Waals surface area (Å²) in [4.78, 5) is 6.51. The van der Waals surface area contributed by atoms with Gasteiger partial charge < -0.3 is 10.0 Å². The van der Waals surface area contributed by atoms with E-state index in [1.54, 1.807) is 6.07 Å². The van der Waals surface area contributed by atoms with Gasteiger partial charge in [0.25, 0.3) is 0 Å². The van der Waals surface area contributed by atoms with E-state index in [2.05, 4.69) is 4.98 Å². The Morgan fingerprint density at radius 2 is 2.00 bits per heavy atom. The van der Waals surface area contributed by atoms with Gasteiger partial charge in [-0.1, -0.05) is 11.6 Å². The standard InChI is InChI=1S/C13H15ClN2O/c1-8-4-12(16(2)3)11-6-10(14)5-9(7-17)13(11)15-8/h4-6,17H,7H2,1-3H3. The Kier molecular flexibility index (Phi) is 3.22. The molecule has 0 saturated heterocycles. The fourth-order valence-electron chi connectivity index (χ4n) is 1.96. The number of nitrogens with zero attached hydrogens (tertiary/aromatic N) is 2. The number of hydrogen-bond acceptors (Lipinski definition) is 3. The largest absolute Gasteiger partial charge is 0.392 e. The topological polar surface area (TPSA) is 36.4 Å². The summed E-state index contributed by atoms with van der Waals surface area (Å²) in [6.07, 6.45) is 0. The van der Waals surface area contributed by atoms with Crippen molar-refractivity contribution in [2.75, 3.05) is 19.0 Å². The molecule has 0 aliphatic rings. The predicted octanol–water partition coefficient (Wildman–Crippen LogP) is 2.75. The number of rotatable bonds is 2. The molecule has 17 heavy (non-hydrogen) atoms. The minimum atomic E-state index is -0.0552. The lowest BCUT2D eigenvalue weighted by atomic mass is 10.1. The van der Waals surface area contributed by atoms with Crippen LogP contribution in [0.3, 0.4) is 0 Å². The van der Waals surface area contributed by atoms with Crippen LogP contribution in [-0.4, -0.2) is 24.2 Å². The number of aryl methyl sites for hydroxylation is 1. The molecule has 1 aromatic carbocycles. The first-order valence-electron chi connectivity index (χ1n) is 5.41. The van der Waals surface area contributed by atoms with Crippen molar-refractivity contribution < 1.29 is 5.11 Å². The molecule has 2 aromatic rings. The molecule has 0 unspecified atom stereocenters. The number of benzene rings is 1. The molecule has 0 amide bonds. The van der Waals surface area contributed by atoms with Crippen LogP contribution in [0.4, 0.5) is 5.69 Å². The summed E-state index contributed by atoms with van der Waals surface area (Å²) in [5.74, 6) is 0. The molecule has 90 valence electrons. The molecule has 1 aromatic heterocycles. The van der Waals surface area contributed by atoms with Gasteiger partial charge in [0.15, 0.2) is 0 Å². The third kappa shape index (κ3) is 2.21. The number of aliphatic hydroxyl groups is 1. The van der Waals surface area contributed by atoms with E-state index >= 15 is 0 Å². The Morgan fingerprint density at radius 1 is 1.29 bits per heavy atom. The van der Waals surface area contributed by atoms with Gasteiger partial charge in [-0.05, 0) is 25.1 Å². The highest BCUT2D eigenvalue weighted by molar-refractivity contribution is 6.31. The number of hydrogen-bond donors (Lipinski definition) is 1. The van der Waals surface area contributed by atoms with Crippen molar-refractivity contribution in [3.63, 3.8) is 0 Å². The summed E-state index contributed by atoms with van der Waals surface area (Å²) in [6.45, 7) is 1.89. The molecule has 1 heterocycles. The number of anilines is 1. The highest BCUT2D eigenvalue weighted by Crippen LogP contribution is 2.30. The first-order valence-corrected chi connectivity index (χ1v) is 5.78. The van der Waals surface area contributed by atoms with Gasteiger partial charge in [-0.3, -0.25) is 4.98 Å². The fraction of sp³-hybridized carbons (Fsp3) is 0.308. The second-order valence-corrected chi connectivity index (χ2v) is 4.73. The smallest absolute Gasteiger partial charge is 0.0782 e. The molecule has 0 atom stereocenters. The number of fused-ring (bicyclic) bond motifs is 1. The van der Waals surface area contributed by atoms with Gasteiger partial charge in [0.2, 0.25) is 0 Å². The maximum absolute atomic E-state index is 9.37. The summed E-state index contributed by atoms with van der Waals surface area (Å²) in [6, 6.07) is 5.66. The molecule has 0 bridgehead atoms. The first-order chi connectivity index (χ1) is 8.02. The zero-order valence-electron chi connectivity index (χ0n) is 10.2. The molecule has 0 saturated carbocycles. The predicted molar refractivity (Wildman–Crippen MR) is 71.7 cm³/mol. The van der Waals surface area contributed by atoms with Crippen LogP contribution in [0.15, 0.2) is 18.2 Å². The normalized spacial score (nSPS) is 10.9. The SMILES string of the molecule is Cc1cc(N(C)C)c2cc(Cl)cc(CO)c2n1. The van der Waals surface area contributed by atoms with Gasteiger partial charge in [0.05, 0.1) is 12.1 Å². The third-order valence-electron chi connectivity index (χ3n) is 2.72. The van der Waals surface area contributed by atoms with Crippen molar-refractivity contribution in [2.24, 2.45) is 0 Å². The van der Waals surface area contributed by atoms with Gasteiger partial charge in [-0.2, -0.15) is 0 Å². The third-order valence-corrected chi connectivity index (χ3v) is 2.93. The van der Waals surface area contributed by atoms with Crippen molar-refractivity contribution in [3.05, 3.63) is 34.5 Å². The average molecular weight is 251 g/mol. The van der Waals surface area contributed by atoms with E-state index in [9.17, 15) is 5.11 Å². The molecule has 4 heteroatoms. The maximum atomic E-state index is 9.37. The zero-order chi connectivity index (χ0) is 12.6. The van der Waals surface area contributed by atoms with Crippen LogP contribution in [0.25, 0.3) is 10.9 Å². The Hall–Kier alpha value is -1.32. The summed E-state index contributed by atoms with van der Waals surface area (Å²) in [5.41, 5.74) is 3.57. The Balaban J connectivity index is 2.88. The molecule has 1 N–H and O–H groups in total. The van der Waals surface area contributed by atoms with Crippen LogP contribution in [0.5, 0.6) is 0 Å². The Bertz CT molecular complexity index is 567. The first kappa shape index (κ1) is 12.1. The maximum Gasteiger partial charge on any atom is 0.0782 e. The van der Waals surface area contributed by atoms with Gasteiger partial charge in [0, 0.05) is 41.4 Å². The molecule has 0 spiro atoms. The molecular weight excluding hydrogens is 236 g/mol. The molecule has 2 rings (SSSR count). The van der Waals surface area contributed by atoms with E-state index in [0.29, 0.717) is 5.02 Å². The van der Waals surface area contributed by atoms with Gasteiger partial charge in [0.1, 0.15) is 0 Å². The highest BCUT2D eigenvalue weighted by atomic mass is 35.5. The second kappa shape index (κ2) is 4.51. The van der Waals surface area contributed by atoms with Crippen LogP contribution in [-0.2, 0) is 6.61 Å². The van der Waals surface area contributed by atoms with E-state index in [1.165, 1.54) is 0 Å². The van der Waals surface area contributed by atoms with E-state index < -0.39 is 0 Å². The van der Waals surface area contributed by atoms with Gasteiger partial charge in [-0.25, -0.2) is 0 Å². The van der Waals surface area contributed by atoms with Crippen molar-refractivity contribution in [1.29, 1.82) is 0 Å². The molecule has 0 aliphatic carbocycles. The van der Waals surface area contributed by atoms with Crippen LogP contribution < -0.4 is 4.90 Å². The minimum absolute atomic E-state index is 0.0552.